The van der Waals surface area contributed by atoms with Crippen LogP contribution in [-0.4, -0.2) is 21.0 Å². The van der Waals surface area contributed by atoms with Gasteiger partial charge in [-0.3, -0.25) is 0 Å². The lowest BCUT2D eigenvalue weighted by molar-refractivity contribution is 0.0702. The SMILES string of the molecule is Cc1nc(-c2ccc(C(=O)O)s2)c(Cl)[nH]1. The number of halogens is 1. The second-order valence-electron chi connectivity index (χ2n) is 2.95. The molecule has 2 aromatic heterocycles. The van der Waals surface area contributed by atoms with E-state index in [0.717, 1.165) is 16.2 Å². The number of H-pyrrole nitrogens is 1. The van der Waals surface area contributed by atoms with Crippen LogP contribution in [0.4, 0.5) is 0 Å². The van der Waals surface area contributed by atoms with E-state index >= 15 is 0 Å². The zero-order chi connectivity index (χ0) is 11.0. The minimum absolute atomic E-state index is 0.279. The molecule has 0 radical (unpaired) electrons. The molecule has 0 amide bonds. The Kier molecular flexibility index (Phi) is 2.50. The first kappa shape index (κ1) is 10.2. The van der Waals surface area contributed by atoms with E-state index in [0.29, 0.717) is 16.7 Å². The molecule has 0 aliphatic carbocycles. The van der Waals surface area contributed by atoms with Crippen molar-refractivity contribution < 1.29 is 9.90 Å². The van der Waals surface area contributed by atoms with Crippen molar-refractivity contribution in [3.8, 4) is 10.6 Å². The van der Waals surface area contributed by atoms with Crippen LogP contribution < -0.4 is 0 Å². The monoisotopic (exact) mass is 242 g/mol. The highest BCUT2D eigenvalue weighted by atomic mass is 35.5. The number of aryl methyl sites for hydroxylation is 1. The van der Waals surface area contributed by atoms with Crippen LogP contribution in [0.3, 0.4) is 0 Å². The lowest BCUT2D eigenvalue weighted by atomic mass is 10.3. The molecular weight excluding hydrogens is 236 g/mol. The number of aromatic nitrogens is 2. The minimum Gasteiger partial charge on any atom is -0.477 e. The van der Waals surface area contributed by atoms with Crippen molar-refractivity contribution in [2.75, 3.05) is 0 Å². The van der Waals surface area contributed by atoms with E-state index in [1.165, 1.54) is 0 Å². The summed E-state index contributed by atoms with van der Waals surface area (Å²) in [6, 6.07) is 3.25. The Hall–Kier alpha value is -1.33. The number of hydrogen-bond acceptors (Lipinski definition) is 3. The normalized spacial score (nSPS) is 10.5. The van der Waals surface area contributed by atoms with Gasteiger partial charge in [-0.2, -0.15) is 0 Å². The van der Waals surface area contributed by atoms with Crippen LogP contribution in [0.5, 0.6) is 0 Å². The summed E-state index contributed by atoms with van der Waals surface area (Å²) in [6.07, 6.45) is 0. The maximum Gasteiger partial charge on any atom is 0.345 e. The Labute approximate surface area is 94.5 Å². The average molecular weight is 243 g/mol. The minimum atomic E-state index is -0.936. The molecule has 78 valence electrons. The topological polar surface area (TPSA) is 66.0 Å². The number of hydrogen-bond donors (Lipinski definition) is 2. The molecule has 0 unspecified atom stereocenters. The number of carbonyl (C=O) groups is 1. The van der Waals surface area contributed by atoms with Gasteiger partial charge >= 0.3 is 5.97 Å². The van der Waals surface area contributed by atoms with E-state index in [9.17, 15) is 4.79 Å². The van der Waals surface area contributed by atoms with Gasteiger partial charge in [0, 0.05) is 0 Å². The van der Waals surface area contributed by atoms with Crippen molar-refractivity contribution in [1.82, 2.24) is 9.97 Å². The molecule has 15 heavy (non-hydrogen) atoms. The van der Waals surface area contributed by atoms with Gasteiger partial charge in [-0.05, 0) is 19.1 Å². The number of nitrogens with one attached hydrogen (secondary N) is 1. The lowest BCUT2D eigenvalue weighted by Crippen LogP contribution is -1.89. The molecule has 0 saturated carbocycles. The average Bonchev–Trinajstić information content (AvgIpc) is 2.71. The van der Waals surface area contributed by atoms with Crippen LogP contribution in [0, 0.1) is 6.92 Å². The molecule has 0 fully saturated rings. The second kappa shape index (κ2) is 3.67. The van der Waals surface area contributed by atoms with Crippen LogP contribution in [0.2, 0.25) is 5.15 Å². The number of nitrogens with zero attached hydrogens (tertiary/aromatic N) is 1. The number of carboxylic acid groups (broad SMARTS) is 1. The van der Waals surface area contributed by atoms with Gasteiger partial charge in [0.1, 0.15) is 21.5 Å². The van der Waals surface area contributed by atoms with Gasteiger partial charge in [0.2, 0.25) is 0 Å². The molecule has 2 rings (SSSR count). The maximum atomic E-state index is 10.7. The van der Waals surface area contributed by atoms with Crippen LogP contribution in [0.25, 0.3) is 10.6 Å². The zero-order valence-electron chi connectivity index (χ0n) is 7.74. The third-order valence-corrected chi connectivity index (χ3v) is 3.18. The molecule has 0 aliphatic heterocycles. The Morgan fingerprint density at radius 3 is 2.80 bits per heavy atom. The Bertz CT molecular complexity index is 518. The van der Waals surface area contributed by atoms with Crippen molar-refractivity contribution >= 4 is 28.9 Å². The first-order valence-corrected chi connectivity index (χ1v) is 5.33. The van der Waals surface area contributed by atoms with Gasteiger partial charge in [0.25, 0.3) is 0 Å². The largest absolute Gasteiger partial charge is 0.477 e. The summed E-state index contributed by atoms with van der Waals surface area (Å²) in [4.78, 5) is 18.8. The first-order valence-electron chi connectivity index (χ1n) is 4.13. The van der Waals surface area contributed by atoms with Gasteiger partial charge in [0.05, 0.1) is 4.88 Å². The molecule has 0 saturated heterocycles. The molecule has 0 spiro atoms. The van der Waals surface area contributed by atoms with Gasteiger partial charge in [-0.1, -0.05) is 11.6 Å². The summed E-state index contributed by atoms with van der Waals surface area (Å²) in [6.45, 7) is 1.79. The van der Waals surface area contributed by atoms with Gasteiger partial charge in [0.15, 0.2) is 0 Å². The third kappa shape index (κ3) is 1.88. The smallest absolute Gasteiger partial charge is 0.345 e. The molecule has 0 aliphatic rings. The third-order valence-electron chi connectivity index (χ3n) is 1.83. The van der Waals surface area contributed by atoms with Gasteiger partial charge in [-0.15, -0.1) is 11.3 Å². The van der Waals surface area contributed by atoms with E-state index in [1.54, 1.807) is 19.1 Å². The van der Waals surface area contributed by atoms with Crippen LogP contribution in [-0.2, 0) is 0 Å². The van der Waals surface area contributed by atoms with Crippen molar-refractivity contribution in [1.29, 1.82) is 0 Å². The van der Waals surface area contributed by atoms with Crippen molar-refractivity contribution in [2.24, 2.45) is 0 Å². The molecule has 2 N–H and O–H groups in total. The summed E-state index contributed by atoms with van der Waals surface area (Å²) in [5.41, 5.74) is 0.603. The van der Waals surface area contributed by atoms with Crippen LogP contribution in [0.1, 0.15) is 15.5 Å². The van der Waals surface area contributed by atoms with Crippen molar-refractivity contribution in [3.63, 3.8) is 0 Å². The summed E-state index contributed by atoms with van der Waals surface area (Å²) < 4.78 is 0. The Balaban J connectivity index is 2.45. The molecule has 6 heteroatoms. The molecule has 2 heterocycles. The predicted octanol–water partition coefficient (Wildman–Crippen LogP) is 2.80. The van der Waals surface area contributed by atoms with Crippen LogP contribution in [0.15, 0.2) is 12.1 Å². The van der Waals surface area contributed by atoms with Gasteiger partial charge in [-0.25, -0.2) is 9.78 Å². The Morgan fingerprint density at radius 2 is 2.33 bits per heavy atom. The maximum absolute atomic E-state index is 10.7. The number of thiophene rings is 1. The summed E-state index contributed by atoms with van der Waals surface area (Å²) in [5, 5.41) is 9.21. The second-order valence-corrected chi connectivity index (χ2v) is 4.42. The molecule has 2 aromatic rings. The number of imidazole rings is 1. The number of aromatic carboxylic acids is 1. The quantitative estimate of drug-likeness (QED) is 0.851. The highest BCUT2D eigenvalue weighted by Gasteiger charge is 2.13. The molecule has 4 nitrogen and oxygen atoms in total. The number of rotatable bonds is 2. The van der Waals surface area contributed by atoms with E-state index in [4.69, 9.17) is 16.7 Å². The summed E-state index contributed by atoms with van der Waals surface area (Å²) >= 11 is 7.06. The fourth-order valence-electron chi connectivity index (χ4n) is 1.21. The predicted molar refractivity (Wildman–Crippen MR) is 58.6 cm³/mol. The number of carboxylic acids is 1. The fourth-order valence-corrected chi connectivity index (χ4v) is 2.38. The van der Waals surface area contributed by atoms with Crippen molar-refractivity contribution in [2.45, 2.75) is 6.92 Å². The fraction of sp³-hybridized carbons (Fsp3) is 0.111. The molecule has 0 bridgehead atoms. The highest BCUT2D eigenvalue weighted by molar-refractivity contribution is 7.17. The highest BCUT2D eigenvalue weighted by Crippen LogP contribution is 2.31. The number of aromatic amines is 1. The van der Waals surface area contributed by atoms with E-state index in [-0.39, 0.29) is 4.88 Å². The first-order chi connectivity index (χ1) is 7.08. The molecule has 0 atom stereocenters. The van der Waals surface area contributed by atoms with E-state index in [2.05, 4.69) is 9.97 Å². The Morgan fingerprint density at radius 1 is 1.60 bits per heavy atom. The van der Waals surface area contributed by atoms with Gasteiger partial charge < -0.3 is 10.1 Å². The van der Waals surface area contributed by atoms with Crippen molar-refractivity contribution in [3.05, 3.63) is 28.0 Å². The molecular formula is C9H7ClN2O2S. The van der Waals surface area contributed by atoms with E-state index in [1.807, 2.05) is 0 Å². The standard InChI is InChI=1S/C9H7ClN2O2S/c1-4-11-7(8(10)12-4)5-2-3-6(15-5)9(13)14/h2-3H,1H3,(H,11,12)(H,13,14). The zero-order valence-corrected chi connectivity index (χ0v) is 9.32. The lowest BCUT2D eigenvalue weighted by Gasteiger charge is -1.89. The van der Waals surface area contributed by atoms with Crippen LogP contribution >= 0.6 is 22.9 Å². The summed E-state index contributed by atoms with van der Waals surface area (Å²) in [7, 11) is 0. The van der Waals surface area contributed by atoms with E-state index < -0.39 is 5.97 Å². The molecule has 0 aromatic carbocycles. The summed E-state index contributed by atoms with van der Waals surface area (Å²) in [5.74, 6) is -0.227.